The van der Waals surface area contributed by atoms with Gasteiger partial charge in [0.05, 0.1) is 17.3 Å². The lowest BCUT2D eigenvalue weighted by Gasteiger charge is -2.16. The summed E-state index contributed by atoms with van der Waals surface area (Å²) in [7, 11) is 0. The maximum absolute atomic E-state index is 10.4. The molecule has 1 unspecified atom stereocenters. The molecule has 0 aliphatic rings. The van der Waals surface area contributed by atoms with Crippen LogP contribution in [0.15, 0.2) is 53.3 Å². The maximum Gasteiger partial charge on any atom is 0.112 e. The minimum Gasteiger partial charge on any atom is -0.387 e. The van der Waals surface area contributed by atoms with Crippen LogP contribution in [0.3, 0.4) is 0 Å². The van der Waals surface area contributed by atoms with Gasteiger partial charge >= 0.3 is 0 Å². The largest absolute Gasteiger partial charge is 0.387 e. The van der Waals surface area contributed by atoms with Crippen LogP contribution in [-0.2, 0) is 0 Å². The molecule has 3 aromatic rings. The molecule has 0 spiro atoms. The first-order valence-electron chi connectivity index (χ1n) is 7.03. The van der Waals surface area contributed by atoms with Crippen LogP contribution in [0.25, 0.3) is 11.0 Å². The highest BCUT2D eigenvalue weighted by atomic mass is 79.9. The van der Waals surface area contributed by atoms with Crippen molar-refractivity contribution >= 4 is 32.7 Å². The van der Waals surface area contributed by atoms with Gasteiger partial charge in [0.1, 0.15) is 5.52 Å². The predicted molar refractivity (Wildman–Crippen MR) is 91.9 cm³/mol. The van der Waals surface area contributed by atoms with Gasteiger partial charge in [-0.3, -0.25) is 9.97 Å². The zero-order valence-electron chi connectivity index (χ0n) is 12.1. The number of hydrogen-bond acceptors (Lipinski definition) is 4. The smallest absolute Gasteiger partial charge is 0.112 e. The Hall–Kier alpha value is -1.98. The highest BCUT2D eigenvalue weighted by Crippen LogP contribution is 2.23. The number of rotatable bonds is 4. The summed E-state index contributed by atoms with van der Waals surface area (Å²) in [6.07, 6.45) is 2.91. The van der Waals surface area contributed by atoms with Crippen LogP contribution in [0, 0.1) is 6.92 Å². The molecule has 0 fully saturated rings. The molecule has 1 atom stereocenters. The van der Waals surface area contributed by atoms with Gasteiger partial charge in [-0.15, -0.1) is 0 Å². The second-order valence-corrected chi connectivity index (χ2v) is 6.05. The fourth-order valence-electron chi connectivity index (χ4n) is 2.43. The standard InChI is InChI=1S/C17H16BrN3O/c1-11-4-2-3-5-13(11)16(22)10-20-14-6-7-19-15-8-12(18)9-21-17(14)15/h2-9,16,22H,10H2,1H3,(H,19,20). The Kier molecular flexibility index (Phi) is 4.36. The van der Waals surface area contributed by atoms with Gasteiger partial charge < -0.3 is 10.4 Å². The van der Waals surface area contributed by atoms with Crippen molar-refractivity contribution in [2.45, 2.75) is 13.0 Å². The number of aliphatic hydroxyl groups excluding tert-OH is 1. The Morgan fingerprint density at radius 3 is 2.86 bits per heavy atom. The quantitative estimate of drug-likeness (QED) is 0.744. The summed E-state index contributed by atoms with van der Waals surface area (Å²) in [5.41, 5.74) is 4.49. The number of pyridine rings is 2. The van der Waals surface area contributed by atoms with Gasteiger partial charge in [-0.1, -0.05) is 24.3 Å². The van der Waals surface area contributed by atoms with Gasteiger partial charge in [-0.2, -0.15) is 0 Å². The van der Waals surface area contributed by atoms with Gasteiger partial charge in [0, 0.05) is 23.4 Å². The van der Waals surface area contributed by atoms with E-state index in [-0.39, 0.29) is 0 Å². The van der Waals surface area contributed by atoms with Crippen molar-refractivity contribution in [3.8, 4) is 0 Å². The van der Waals surface area contributed by atoms with Crippen molar-refractivity contribution in [1.82, 2.24) is 9.97 Å². The van der Waals surface area contributed by atoms with E-state index < -0.39 is 6.10 Å². The summed E-state index contributed by atoms with van der Waals surface area (Å²) < 4.78 is 0.893. The van der Waals surface area contributed by atoms with E-state index in [1.54, 1.807) is 12.4 Å². The monoisotopic (exact) mass is 357 g/mol. The Morgan fingerprint density at radius 1 is 1.23 bits per heavy atom. The molecule has 0 radical (unpaired) electrons. The topological polar surface area (TPSA) is 58.0 Å². The Balaban J connectivity index is 1.81. The van der Waals surface area contributed by atoms with Crippen molar-refractivity contribution in [1.29, 1.82) is 0 Å². The maximum atomic E-state index is 10.4. The van der Waals surface area contributed by atoms with Crippen molar-refractivity contribution < 1.29 is 5.11 Å². The highest BCUT2D eigenvalue weighted by Gasteiger charge is 2.11. The number of anilines is 1. The molecule has 0 bridgehead atoms. The summed E-state index contributed by atoms with van der Waals surface area (Å²) in [5, 5.41) is 13.6. The second kappa shape index (κ2) is 6.42. The van der Waals surface area contributed by atoms with Gasteiger partial charge in [-0.25, -0.2) is 0 Å². The first-order chi connectivity index (χ1) is 10.6. The molecule has 0 aliphatic heterocycles. The number of hydrogen-bond donors (Lipinski definition) is 2. The molecular weight excluding hydrogens is 342 g/mol. The van der Waals surface area contributed by atoms with Crippen molar-refractivity contribution in [2.24, 2.45) is 0 Å². The van der Waals surface area contributed by atoms with Crippen molar-refractivity contribution in [2.75, 3.05) is 11.9 Å². The number of nitrogens with zero attached hydrogens (tertiary/aromatic N) is 2. The van der Waals surface area contributed by atoms with Crippen molar-refractivity contribution in [3.05, 3.63) is 64.4 Å². The van der Waals surface area contributed by atoms with E-state index in [9.17, 15) is 5.11 Å². The number of aliphatic hydroxyl groups is 1. The van der Waals surface area contributed by atoms with Crippen LogP contribution in [0.5, 0.6) is 0 Å². The number of halogens is 1. The lowest BCUT2D eigenvalue weighted by atomic mass is 10.0. The summed E-state index contributed by atoms with van der Waals surface area (Å²) in [5.74, 6) is 0. The molecular formula is C17H16BrN3O. The fraction of sp³-hybridized carbons (Fsp3) is 0.176. The number of fused-ring (bicyclic) bond motifs is 1. The van der Waals surface area contributed by atoms with E-state index in [4.69, 9.17) is 0 Å². The molecule has 0 amide bonds. The third-order valence-corrected chi connectivity index (χ3v) is 4.01. The summed E-state index contributed by atoms with van der Waals surface area (Å²) >= 11 is 3.39. The summed E-state index contributed by atoms with van der Waals surface area (Å²) in [4.78, 5) is 8.70. The molecule has 0 saturated heterocycles. The van der Waals surface area contributed by atoms with E-state index in [0.29, 0.717) is 6.54 Å². The molecule has 2 aromatic heterocycles. The SMILES string of the molecule is Cc1ccccc1C(O)CNc1ccnc2cc(Br)cnc12. The molecule has 1 aromatic carbocycles. The van der Waals surface area contributed by atoms with Gasteiger partial charge in [0.2, 0.25) is 0 Å². The van der Waals surface area contributed by atoms with Crippen LogP contribution in [0.4, 0.5) is 5.69 Å². The summed E-state index contributed by atoms with van der Waals surface area (Å²) in [6, 6.07) is 11.6. The molecule has 2 heterocycles. The van der Waals surface area contributed by atoms with Crippen LogP contribution in [0.2, 0.25) is 0 Å². The first kappa shape index (κ1) is 14.9. The predicted octanol–water partition coefficient (Wildman–Crippen LogP) is 3.85. The zero-order valence-corrected chi connectivity index (χ0v) is 13.7. The molecule has 4 nitrogen and oxygen atoms in total. The molecule has 112 valence electrons. The minimum atomic E-state index is -0.570. The minimum absolute atomic E-state index is 0.418. The third kappa shape index (κ3) is 3.10. The van der Waals surface area contributed by atoms with Crippen molar-refractivity contribution in [3.63, 3.8) is 0 Å². The van der Waals surface area contributed by atoms with E-state index >= 15 is 0 Å². The van der Waals surface area contributed by atoms with E-state index in [1.807, 2.05) is 43.3 Å². The second-order valence-electron chi connectivity index (χ2n) is 5.13. The molecule has 22 heavy (non-hydrogen) atoms. The normalized spacial score (nSPS) is 12.3. The lowest BCUT2D eigenvalue weighted by Crippen LogP contribution is -2.13. The Bertz CT molecular complexity index is 807. The van der Waals surface area contributed by atoms with Gasteiger partial charge in [0.15, 0.2) is 0 Å². The molecule has 3 rings (SSSR count). The number of benzene rings is 1. The van der Waals surface area contributed by atoms with Crippen LogP contribution >= 0.6 is 15.9 Å². The fourth-order valence-corrected chi connectivity index (χ4v) is 2.74. The van der Waals surface area contributed by atoms with Gasteiger partial charge in [0.25, 0.3) is 0 Å². The molecule has 2 N–H and O–H groups in total. The van der Waals surface area contributed by atoms with Crippen LogP contribution < -0.4 is 5.32 Å². The number of aryl methyl sites for hydroxylation is 1. The first-order valence-corrected chi connectivity index (χ1v) is 7.82. The van der Waals surface area contributed by atoms with E-state index in [1.165, 1.54) is 0 Å². The average molecular weight is 358 g/mol. The number of nitrogens with one attached hydrogen (secondary N) is 1. The third-order valence-electron chi connectivity index (χ3n) is 3.58. The summed E-state index contributed by atoms with van der Waals surface area (Å²) in [6.45, 7) is 2.42. The molecule has 0 aliphatic carbocycles. The molecule has 0 saturated carbocycles. The number of aromatic nitrogens is 2. The van der Waals surface area contributed by atoms with Gasteiger partial charge in [-0.05, 0) is 46.1 Å². The Labute approximate surface area is 137 Å². The van der Waals surface area contributed by atoms with Crippen LogP contribution in [0.1, 0.15) is 17.2 Å². The Morgan fingerprint density at radius 2 is 2.05 bits per heavy atom. The van der Waals surface area contributed by atoms with E-state index in [2.05, 4.69) is 31.2 Å². The van der Waals surface area contributed by atoms with E-state index in [0.717, 1.165) is 32.3 Å². The molecule has 5 heteroatoms. The highest BCUT2D eigenvalue weighted by molar-refractivity contribution is 9.10. The lowest BCUT2D eigenvalue weighted by molar-refractivity contribution is 0.191. The zero-order chi connectivity index (χ0) is 15.5. The average Bonchev–Trinajstić information content (AvgIpc) is 2.52. The van der Waals surface area contributed by atoms with Crippen LogP contribution in [-0.4, -0.2) is 21.6 Å².